The number of ether oxygens (including phenoxy) is 1. The first-order valence-electron chi connectivity index (χ1n) is 13.6. The fourth-order valence-corrected chi connectivity index (χ4v) is 4.71. The van der Waals surface area contributed by atoms with Gasteiger partial charge in [-0.25, -0.2) is 9.59 Å². The molecule has 3 N–H and O–H groups in total. The van der Waals surface area contributed by atoms with Gasteiger partial charge in [0.25, 0.3) is 0 Å². The first-order valence-corrected chi connectivity index (χ1v) is 13.6. The molecule has 0 radical (unpaired) electrons. The highest BCUT2D eigenvalue weighted by Crippen LogP contribution is 2.37. The van der Waals surface area contributed by atoms with Gasteiger partial charge in [-0.05, 0) is 51.0 Å². The maximum atomic E-state index is 14.0. The standard InChI is InChI=1S/C29H45N3O6/c1-8-19(3)22(24(33)30-23(25(34)35)20(4)9-2)31-26(36)29(21-13-11-10-12-14-21)15-17-32(18-16-29)27(37)38-28(5,6)7/h10-14,19-20,22-23H,8-9,15-18H2,1-7H3,(H,30,33)(H,31,36)(H,34,35). The number of hydrogen-bond acceptors (Lipinski definition) is 5. The van der Waals surface area contributed by atoms with E-state index in [4.69, 9.17) is 4.74 Å². The number of carbonyl (C=O) groups is 4. The number of aliphatic carboxylic acids is 1. The van der Waals surface area contributed by atoms with Crippen LogP contribution >= 0.6 is 0 Å². The molecule has 1 aliphatic rings. The lowest BCUT2D eigenvalue weighted by atomic mass is 9.71. The normalized spacial score (nSPS) is 18.4. The Morgan fingerprint density at radius 2 is 1.47 bits per heavy atom. The number of hydrogen-bond donors (Lipinski definition) is 3. The Morgan fingerprint density at radius 3 is 1.95 bits per heavy atom. The molecule has 4 atom stereocenters. The van der Waals surface area contributed by atoms with Crippen LogP contribution in [0.1, 0.15) is 79.7 Å². The Bertz CT molecular complexity index is 966. The van der Waals surface area contributed by atoms with Gasteiger partial charge in [0.15, 0.2) is 0 Å². The van der Waals surface area contributed by atoms with Crippen LogP contribution in [0.3, 0.4) is 0 Å². The summed E-state index contributed by atoms with van der Waals surface area (Å²) in [6.45, 7) is 13.5. The molecule has 1 aromatic carbocycles. The number of amides is 3. The Morgan fingerprint density at radius 1 is 0.947 bits per heavy atom. The smallest absolute Gasteiger partial charge is 0.410 e. The van der Waals surface area contributed by atoms with E-state index in [0.29, 0.717) is 38.8 Å². The van der Waals surface area contributed by atoms with Gasteiger partial charge in [0.2, 0.25) is 11.8 Å². The average Bonchev–Trinajstić information content (AvgIpc) is 2.88. The molecule has 0 saturated carbocycles. The van der Waals surface area contributed by atoms with Crippen molar-refractivity contribution >= 4 is 23.9 Å². The van der Waals surface area contributed by atoms with Gasteiger partial charge in [-0.3, -0.25) is 9.59 Å². The minimum absolute atomic E-state index is 0.222. The summed E-state index contributed by atoms with van der Waals surface area (Å²) in [6, 6.07) is 7.45. The molecule has 9 heteroatoms. The molecule has 1 saturated heterocycles. The van der Waals surface area contributed by atoms with Crippen molar-refractivity contribution in [2.45, 2.75) is 97.2 Å². The predicted octanol–water partition coefficient (Wildman–Crippen LogP) is 4.10. The number of likely N-dealkylation sites (tertiary alicyclic amines) is 1. The summed E-state index contributed by atoms with van der Waals surface area (Å²) in [6.07, 6.45) is 1.51. The van der Waals surface area contributed by atoms with Crippen LogP contribution in [0.2, 0.25) is 0 Å². The molecule has 1 heterocycles. The highest BCUT2D eigenvalue weighted by atomic mass is 16.6. The molecule has 3 amide bonds. The fraction of sp³-hybridized carbons (Fsp3) is 0.655. The number of nitrogens with zero attached hydrogens (tertiary/aromatic N) is 1. The number of carboxylic acids is 1. The fourth-order valence-electron chi connectivity index (χ4n) is 4.71. The molecule has 2 rings (SSSR count). The van der Waals surface area contributed by atoms with Gasteiger partial charge in [-0.2, -0.15) is 0 Å². The quantitative estimate of drug-likeness (QED) is 0.417. The van der Waals surface area contributed by atoms with Gasteiger partial charge in [0.1, 0.15) is 17.7 Å². The zero-order valence-electron chi connectivity index (χ0n) is 23.9. The summed E-state index contributed by atoms with van der Waals surface area (Å²) in [5.41, 5.74) is -0.760. The van der Waals surface area contributed by atoms with Gasteiger partial charge >= 0.3 is 12.1 Å². The van der Waals surface area contributed by atoms with Gasteiger partial charge < -0.3 is 25.4 Å². The number of piperidine rings is 1. The second-order valence-electron chi connectivity index (χ2n) is 11.5. The van der Waals surface area contributed by atoms with E-state index in [1.54, 1.807) is 11.8 Å². The third-order valence-electron chi connectivity index (χ3n) is 7.59. The summed E-state index contributed by atoms with van der Waals surface area (Å²) in [5, 5.41) is 15.3. The molecule has 212 valence electrons. The second kappa shape index (κ2) is 13.1. The number of benzene rings is 1. The van der Waals surface area contributed by atoms with Crippen molar-refractivity contribution in [3.63, 3.8) is 0 Å². The molecule has 1 aliphatic heterocycles. The van der Waals surface area contributed by atoms with Crippen molar-refractivity contribution in [1.82, 2.24) is 15.5 Å². The van der Waals surface area contributed by atoms with Crippen LogP contribution in [0.4, 0.5) is 4.79 Å². The monoisotopic (exact) mass is 531 g/mol. The maximum absolute atomic E-state index is 14.0. The van der Waals surface area contributed by atoms with E-state index in [1.165, 1.54) is 0 Å². The molecule has 0 aliphatic carbocycles. The van der Waals surface area contributed by atoms with Crippen molar-refractivity contribution in [2.24, 2.45) is 11.8 Å². The third-order valence-corrected chi connectivity index (χ3v) is 7.59. The van der Waals surface area contributed by atoms with Crippen LogP contribution in [0, 0.1) is 11.8 Å². The molecule has 0 bridgehead atoms. The van der Waals surface area contributed by atoms with Crippen LogP contribution in [0.15, 0.2) is 30.3 Å². The first-order chi connectivity index (χ1) is 17.8. The van der Waals surface area contributed by atoms with Crippen molar-refractivity contribution in [1.29, 1.82) is 0 Å². The number of carboxylic acid groups (broad SMARTS) is 1. The average molecular weight is 532 g/mol. The first kappa shape index (κ1) is 31.1. The van der Waals surface area contributed by atoms with Crippen LogP contribution in [0.5, 0.6) is 0 Å². The number of carbonyl (C=O) groups excluding carboxylic acids is 3. The molecule has 38 heavy (non-hydrogen) atoms. The van der Waals surface area contributed by atoms with Crippen molar-refractivity contribution in [3.05, 3.63) is 35.9 Å². The van der Waals surface area contributed by atoms with Gasteiger partial charge in [-0.1, -0.05) is 70.9 Å². The lowest BCUT2D eigenvalue weighted by molar-refractivity contribution is -0.144. The molecule has 0 aromatic heterocycles. The van der Waals surface area contributed by atoms with E-state index in [9.17, 15) is 24.3 Å². The topological polar surface area (TPSA) is 125 Å². The van der Waals surface area contributed by atoms with E-state index >= 15 is 0 Å². The van der Waals surface area contributed by atoms with E-state index in [1.807, 2.05) is 71.9 Å². The highest BCUT2D eigenvalue weighted by molar-refractivity contribution is 5.94. The summed E-state index contributed by atoms with van der Waals surface area (Å²) < 4.78 is 5.52. The summed E-state index contributed by atoms with van der Waals surface area (Å²) in [5.74, 6) is -2.40. The molecule has 0 spiro atoms. The largest absolute Gasteiger partial charge is 0.480 e. The SMILES string of the molecule is CCC(C)C(NC(=O)C(NC(=O)C1(c2ccccc2)CCN(C(=O)OC(C)(C)C)CC1)C(C)CC)C(=O)O. The lowest BCUT2D eigenvalue weighted by Gasteiger charge is -2.42. The molecular weight excluding hydrogens is 486 g/mol. The Labute approximate surface area is 226 Å². The molecule has 9 nitrogen and oxygen atoms in total. The molecule has 4 unspecified atom stereocenters. The predicted molar refractivity (Wildman–Crippen MR) is 146 cm³/mol. The summed E-state index contributed by atoms with van der Waals surface area (Å²) in [7, 11) is 0. The van der Waals surface area contributed by atoms with E-state index < -0.39 is 41.1 Å². The van der Waals surface area contributed by atoms with Crippen molar-refractivity contribution in [3.8, 4) is 0 Å². The third kappa shape index (κ3) is 7.71. The van der Waals surface area contributed by atoms with Crippen LogP contribution in [0.25, 0.3) is 0 Å². The minimum atomic E-state index is -1.10. The Kier molecular flexibility index (Phi) is 10.7. The van der Waals surface area contributed by atoms with Crippen molar-refractivity contribution < 1.29 is 29.0 Å². The Hall–Kier alpha value is -3.10. The molecular formula is C29H45N3O6. The molecule has 1 aromatic rings. The second-order valence-corrected chi connectivity index (χ2v) is 11.5. The van der Waals surface area contributed by atoms with E-state index in [-0.39, 0.29) is 17.7 Å². The van der Waals surface area contributed by atoms with Crippen LogP contribution in [-0.2, 0) is 24.5 Å². The van der Waals surface area contributed by atoms with E-state index in [0.717, 1.165) is 5.56 Å². The molecule has 1 fully saturated rings. The lowest BCUT2D eigenvalue weighted by Crippen LogP contribution is -2.60. The van der Waals surface area contributed by atoms with Crippen LogP contribution < -0.4 is 10.6 Å². The minimum Gasteiger partial charge on any atom is -0.480 e. The zero-order valence-corrected chi connectivity index (χ0v) is 23.9. The van der Waals surface area contributed by atoms with E-state index in [2.05, 4.69) is 10.6 Å². The number of rotatable bonds is 10. The van der Waals surface area contributed by atoms with Gasteiger partial charge in [0, 0.05) is 13.1 Å². The van der Waals surface area contributed by atoms with Gasteiger partial charge in [0.05, 0.1) is 5.41 Å². The van der Waals surface area contributed by atoms with Gasteiger partial charge in [-0.15, -0.1) is 0 Å². The highest BCUT2D eigenvalue weighted by Gasteiger charge is 2.46. The maximum Gasteiger partial charge on any atom is 0.410 e. The van der Waals surface area contributed by atoms with Crippen LogP contribution in [-0.4, -0.2) is 64.7 Å². The zero-order chi connectivity index (χ0) is 28.7. The summed E-state index contributed by atoms with van der Waals surface area (Å²) in [4.78, 5) is 53.5. The van der Waals surface area contributed by atoms with Crippen molar-refractivity contribution in [2.75, 3.05) is 13.1 Å². The number of nitrogens with one attached hydrogen (secondary N) is 2. The Balaban J connectivity index is 2.32. The summed E-state index contributed by atoms with van der Waals surface area (Å²) >= 11 is 0.